The summed E-state index contributed by atoms with van der Waals surface area (Å²) in [5.74, 6) is 2.36. The molecule has 10 nitrogen and oxygen atoms in total. The van der Waals surface area contributed by atoms with Gasteiger partial charge in [-0.2, -0.15) is 0 Å². The van der Waals surface area contributed by atoms with E-state index in [-0.39, 0.29) is 6.61 Å². The van der Waals surface area contributed by atoms with Crippen LogP contribution >= 0.6 is 7.82 Å². The van der Waals surface area contributed by atoms with Crippen molar-refractivity contribution < 1.29 is 28.0 Å². The average molecular weight is 428 g/mol. The fraction of sp³-hybridized carbons (Fsp3) is 0.556. The van der Waals surface area contributed by atoms with Gasteiger partial charge < -0.3 is 14.4 Å². The van der Waals surface area contributed by atoms with Gasteiger partial charge in [0.05, 0.1) is 6.61 Å². The molecule has 11 heteroatoms. The quantitative estimate of drug-likeness (QED) is 0.233. The predicted octanol–water partition coefficient (Wildman–Crippen LogP) is 1.25. The molecule has 160 valence electrons. The Morgan fingerprint density at radius 3 is 2.83 bits per heavy atom. The number of phosphoric acid groups is 1. The van der Waals surface area contributed by atoms with Gasteiger partial charge in [0, 0.05) is 25.0 Å². The average Bonchev–Trinajstić information content (AvgIpc) is 3.11. The topological polar surface area (TPSA) is 129 Å². The minimum absolute atomic E-state index is 0.0219. The van der Waals surface area contributed by atoms with Crippen LogP contribution in [0.4, 0.5) is 0 Å². The van der Waals surface area contributed by atoms with Gasteiger partial charge in [-0.15, -0.1) is 6.42 Å². The molecule has 2 N–H and O–H groups in total. The molecule has 2 rings (SSSR count). The standard InChI is InChI=1S/C18H25N2O8P/c1-4-9-25-10-6-11-26-29(23,24)27-13-18(5-2)8-7-15(28-18)20-12-14(3)16(21)19-17(20)22/h2,7-8,12,15H,4,6,9-11,13H2,1,3H3,(H,23,24)(H,19,21,22)/t15-,18+/m1/s1. The second-order valence-electron chi connectivity index (χ2n) is 6.42. The first-order valence-electron chi connectivity index (χ1n) is 9.08. The summed E-state index contributed by atoms with van der Waals surface area (Å²) >= 11 is 0. The van der Waals surface area contributed by atoms with Crippen LogP contribution in [0.5, 0.6) is 0 Å². The zero-order valence-electron chi connectivity index (χ0n) is 16.3. The lowest BCUT2D eigenvalue weighted by Gasteiger charge is -2.25. The SMILES string of the molecule is C#C[C@@]1(COP(=O)(O)OCCCOCCC)C=C[C@H](n2cc(C)c(=O)[nH]c2=O)O1. The summed E-state index contributed by atoms with van der Waals surface area (Å²) in [7, 11) is -4.35. The molecule has 0 bridgehead atoms. The second-order valence-corrected chi connectivity index (χ2v) is 7.87. The Hall–Kier alpha value is -1.99. The van der Waals surface area contributed by atoms with E-state index in [1.54, 1.807) is 0 Å². The molecule has 29 heavy (non-hydrogen) atoms. The third-order valence-electron chi connectivity index (χ3n) is 4.00. The van der Waals surface area contributed by atoms with Crippen molar-refractivity contribution in [1.29, 1.82) is 0 Å². The summed E-state index contributed by atoms with van der Waals surface area (Å²) in [5.41, 5.74) is -2.34. The van der Waals surface area contributed by atoms with Gasteiger partial charge in [-0.05, 0) is 31.9 Å². The first-order chi connectivity index (χ1) is 13.7. The van der Waals surface area contributed by atoms with Crippen molar-refractivity contribution in [1.82, 2.24) is 9.55 Å². The van der Waals surface area contributed by atoms with E-state index in [0.29, 0.717) is 25.2 Å². The van der Waals surface area contributed by atoms with Crippen molar-refractivity contribution >= 4 is 7.82 Å². The maximum atomic E-state index is 12.0. The smallest absolute Gasteiger partial charge is 0.381 e. The number of terminal acetylenes is 1. The molecule has 0 amide bonds. The molecule has 0 fully saturated rings. The first-order valence-corrected chi connectivity index (χ1v) is 10.6. The van der Waals surface area contributed by atoms with Gasteiger partial charge >= 0.3 is 13.5 Å². The zero-order valence-corrected chi connectivity index (χ0v) is 17.2. The lowest BCUT2D eigenvalue weighted by Crippen LogP contribution is -2.37. The Labute approximate surface area is 168 Å². The molecule has 1 aliphatic rings. The molecule has 0 saturated heterocycles. The number of aryl methyl sites for hydroxylation is 1. The Balaban J connectivity index is 1.93. The van der Waals surface area contributed by atoms with Crippen LogP contribution < -0.4 is 11.2 Å². The van der Waals surface area contributed by atoms with E-state index in [4.69, 9.17) is 24.9 Å². The van der Waals surface area contributed by atoms with Crippen LogP contribution in [0, 0.1) is 19.3 Å². The van der Waals surface area contributed by atoms with Crippen molar-refractivity contribution in [3.63, 3.8) is 0 Å². The minimum atomic E-state index is -4.35. The van der Waals surface area contributed by atoms with Gasteiger partial charge in [0.15, 0.2) is 11.8 Å². The summed E-state index contributed by atoms with van der Waals surface area (Å²) < 4.78 is 34.0. The molecular formula is C18H25N2O8P. The van der Waals surface area contributed by atoms with Gasteiger partial charge in [0.1, 0.15) is 6.61 Å². The highest BCUT2D eigenvalue weighted by atomic mass is 31.2. The normalized spacial score (nSPS) is 23.0. The molecule has 0 saturated carbocycles. The highest BCUT2D eigenvalue weighted by molar-refractivity contribution is 7.47. The molecule has 0 radical (unpaired) electrons. The maximum absolute atomic E-state index is 12.0. The van der Waals surface area contributed by atoms with E-state index in [0.717, 1.165) is 11.0 Å². The summed E-state index contributed by atoms with van der Waals surface area (Å²) in [5, 5.41) is 0. The number of nitrogens with one attached hydrogen (secondary N) is 1. The van der Waals surface area contributed by atoms with Gasteiger partial charge in [-0.1, -0.05) is 12.8 Å². The lowest BCUT2D eigenvalue weighted by atomic mass is 10.1. The van der Waals surface area contributed by atoms with Crippen molar-refractivity contribution in [2.24, 2.45) is 0 Å². The molecule has 1 unspecified atom stereocenters. The third kappa shape index (κ3) is 6.51. The fourth-order valence-electron chi connectivity index (χ4n) is 2.46. The molecule has 0 aliphatic carbocycles. The van der Waals surface area contributed by atoms with Crippen molar-refractivity contribution in [2.75, 3.05) is 26.4 Å². The highest BCUT2D eigenvalue weighted by Crippen LogP contribution is 2.45. The van der Waals surface area contributed by atoms with Crippen LogP contribution in [0.1, 0.15) is 31.6 Å². The number of nitrogens with zero attached hydrogens (tertiary/aromatic N) is 1. The summed E-state index contributed by atoms with van der Waals surface area (Å²) in [4.78, 5) is 35.5. The fourth-order valence-corrected chi connectivity index (χ4v) is 3.25. The maximum Gasteiger partial charge on any atom is 0.472 e. The Morgan fingerprint density at radius 1 is 1.38 bits per heavy atom. The van der Waals surface area contributed by atoms with Crippen LogP contribution in [0.2, 0.25) is 0 Å². The van der Waals surface area contributed by atoms with E-state index >= 15 is 0 Å². The number of hydrogen-bond acceptors (Lipinski definition) is 7. The molecule has 2 heterocycles. The number of rotatable bonds is 11. The summed E-state index contributed by atoms with van der Waals surface area (Å²) in [6, 6.07) is 0. The highest BCUT2D eigenvalue weighted by Gasteiger charge is 2.38. The van der Waals surface area contributed by atoms with Crippen LogP contribution in [0.15, 0.2) is 27.9 Å². The Bertz CT molecular complexity index is 931. The lowest BCUT2D eigenvalue weighted by molar-refractivity contribution is -0.0510. The first kappa shape index (κ1) is 23.3. The van der Waals surface area contributed by atoms with Crippen LogP contribution in [-0.4, -0.2) is 46.5 Å². The predicted molar refractivity (Wildman–Crippen MR) is 104 cm³/mol. The van der Waals surface area contributed by atoms with E-state index in [1.165, 1.54) is 25.3 Å². The van der Waals surface area contributed by atoms with Crippen molar-refractivity contribution in [2.45, 2.75) is 38.5 Å². The number of aromatic nitrogens is 2. The summed E-state index contributed by atoms with van der Waals surface area (Å²) in [6.45, 7) is 4.05. The number of hydrogen-bond donors (Lipinski definition) is 2. The molecule has 3 atom stereocenters. The van der Waals surface area contributed by atoms with Gasteiger partial charge in [0.25, 0.3) is 5.56 Å². The number of H-pyrrole nitrogens is 1. The molecule has 1 aromatic rings. The van der Waals surface area contributed by atoms with Crippen LogP contribution in [-0.2, 0) is 23.1 Å². The van der Waals surface area contributed by atoms with E-state index in [2.05, 4.69) is 10.9 Å². The van der Waals surface area contributed by atoms with Gasteiger partial charge in [-0.25, -0.2) is 9.36 Å². The number of phosphoric ester groups is 1. The third-order valence-corrected chi connectivity index (χ3v) is 4.97. The monoisotopic (exact) mass is 428 g/mol. The molecule has 0 aromatic carbocycles. The van der Waals surface area contributed by atoms with E-state index in [9.17, 15) is 19.0 Å². The summed E-state index contributed by atoms with van der Waals surface area (Å²) in [6.07, 6.45) is 10.2. The molecule has 1 aliphatic heterocycles. The Kier molecular flexibility index (Phi) is 8.16. The van der Waals surface area contributed by atoms with Crippen molar-refractivity contribution in [3.8, 4) is 12.3 Å². The second kappa shape index (κ2) is 10.2. The molecular weight excluding hydrogens is 403 g/mol. The van der Waals surface area contributed by atoms with Crippen LogP contribution in [0.25, 0.3) is 0 Å². The zero-order chi connectivity index (χ0) is 21.5. The van der Waals surface area contributed by atoms with Crippen molar-refractivity contribution in [3.05, 3.63) is 44.8 Å². The number of ether oxygens (including phenoxy) is 2. The molecule has 0 spiro atoms. The largest absolute Gasteiger partial charge is 0.472 e. The van der Waals surface area contributed by atoms with Crippen LogP contribution in [0.3, 0.4) is 0 Å². The van der Waals surface area contributed by atoms with E-state index < -0.39 is 37.5 Å². The van der Waals surface area contributed by atoms with Gasteiger partial charge in [0.2, 0.25) is 0 Å². The minimum Gasteiger partial charge on any atom is -0.381 e. The number of aromatic amines is 1. The molecule has 1 aromatic heterocycles. The van der Waals surface area contributed by atoms with Gasteiger partial charge in [-0.3, -0.25) is 23.4 Å². The van der Waals surface area contributed by atoms with E-state index in [1.807, 2.05) is 6.92 Å². The Morgan fingerprint density at radius 2 is 2.14 bits per heavy atom.